The minimum absolute atomic E-state index is 0.0751. The number of ether oxygens (including phenoxy) is 1. The first-order valence-corrected chi connectivity index (χ1v) is 7.48. The predicted molar refractivity (Wildman–Crippen MR) is 83.5 cm³/mol. The van der Waals surface area contributed by atoms with Crippen LogP contribution in [0, 0.1) is 0 Å². The van der Waals surface area contributed by atoms with Crippen LogP contribution >= 0.6 is 0 Å². The highest BCUT2D eigenvalue weighted by Gasteiger charge is 2.21. The molecule has 0 atom stereocenters. The minimum atomic E-state index is 0.0751. The Morgan fingerprint density at radius 3 is 2.43 bits per heavy atom. The summed E-state index contributed by atoms with van der Waals surface area (Å²) in [6, 6.07) is 9.48. The Kier molecular flexibility index (Phi) is 6.02. The van der Waals surface area contributed by atoms with Gasteiger partial charge in [0.15, 0.2) is 6.61 Å². The fourth-order valence-electron chi connectivity index (χ4n) is 2.32. The third-order valence-electron chi connectivity index (χ3n) is 3.69. The summed E-state index contributed by atoms with van der Waals surface area (Å²) in [4.78, 5) is 18.6. The molecular formula is C16H25N3O2. The van der Waals surface area contributed by atoms with E-state index < -0.39 is 0 Å². The van der Waals surface area contributed by atoms with Crippen molar-refractivity contribution in [2.45, 2.75) is 0 Å². The number of carbonyl (C=O) groups excluding carboxylic acids is 1. The summed E-state index contributed by atoms with van der Waals surface area (Å²) in [5, 5.41) is 0. The van der Waals surface area contributed by atoms with E-state index in [0.717, 1.165) is 45.0 Å². The first-order chi connectivity index (χ1) is 10.1. The maximum absolute atomic E-state index is 12.1. The van der Waals surface area contributed by atoms with Gasteiger partial charge in [-0.3, -0.25) is 9.69 Å². The predicted octanol–water partition coefficient (Wildman–Crippen LogP) is 0.771. The number of piperazine rings is 1. The topological polar surface area (TPSA) is 36.0 Å². The molecule has 5 heteroatoms. The number of hydrogen-bond donors (Lipinski definition) is 0. The SMILES string of the molecule is CN(C)CCN1CCN(C(=O)COc2ccccc2)CC1. The van der Waals surface area contributed by atoms with Gasteiger partial charge in [-0.05, 0) is 26.2 Å². The Balaban J connectivity index is 1.68. The summed E-state index contributed by atoms with van der Waals surface area (Å²) < 4.78 is 5.52. The van der Waals surface area contributed by atoms with Crippen molar-refractivity contribution in [1.82, 2.24) is 14.7 Å². The van der Waals surface area contributed by atoms with Crippen LogP contribution < -0.4 is 4.74 Å². The molecule has 0 bridgehead atoms. The molecule has 0 aromatic heterocycles. The molecule has 1 aromatic carbocycles. The minimum Gasteiger partial charge on any atom is -0.484 e. The second-order valence-electron chi connectivity index (χ2n) is 5.63. The molecule has 116 valence electrons. The van der Waals surface area contributed by atoms with Crippen LogP contribution in [0.1, 0.15) is 0 Å². The summed E-state index contributed by atoms with van der Waals surface area (Å²) in [6.45, 7) is 5.74. The number of likely N-dealkylation sites (N-methyl/N-ethyl adjacent to an activating group) is 1. The van der Waals surface area contributed by atoms with E-state index in [-0.39, 0.29) is 12.5 Å². The van der Waals surface area contributed by atoms with Gasteiger partial charge < -0.3 is 14.5 Å². The molecule has 0 saturated carbocycles. The molecule has 21 heavy (non-hydrogen) atoms. The van der Waals surface area contributed by atoms with Crippen molar-refractivity contribution < 1.29 is 9.53 Å². The average molecular weight is 291 g/mol. The van der Waals surface area contributed by atoms with Crippen LogP contribution in [-0.2, 0) is 4.79 Å². The van der Waals surface area contributed by atoms with Gasteiger partial charge in [-0.15, -0.1) is 0 Å². The molecule has 0 N–H and O–H groups in total. The third kappa shape index (κ3) is 5.36. The molecule has 0 aliphatic carbocycles. The summed E-state index contributed by atoms with van der Waals surface area (Å²) in [5.74, 6) is 0.821. The first kappa shape index (κ1) is 15.8. The Bertz CT molecular complexity index is 428. The van der Waals surface area contributed by atoms with Crippen molar-refractivity contribution in [3.8, 4) is 5.75 Å². The van der Waals surface area contributed by atoms with Gasteiger partial charge in [-0.25, -0.2) is 0 Å². The number of carbonyl (C=O) groups is 1. The van der Waals surface area contributed by atoms with E-state index in [0.29, 0.717) is 0 Å². The zero-order valence-corrected chi connectivity index (χ0v) is 13.0. The zero-order chi connectivity index (χ0) is 15.1. The van der Waals surface area contributed by atoms with Crippen molar-refractivity contribution >= 4 is 5.91 Å². The molecule has 0 radical (unpaired) electrons. The molecule has 0 spiro atoms. The second-order valence-corrected chi connectivity index (χ2v) is 5.63. The van der Waals surface area contributed by atoms with Gasteiger partial charge in [0.2, 0.25) is 0 Å². The van der Waals surface area contributed by atoms with Crippen LogP contribution in [0.3, 0.4) is 0 Å². The standard InChI is InChI=1S/C16H25N3O2/c1-17(2)8-9-18-10-12-19(13-11-18)16(20)14-21-15-6-4-3-5-7-15/h3-7H,8-14H2,1-2H3. The van der Waals surface area contributed by atoms with Crippen molar-refractivity contribution in [2.24, 2.45) is 0 Å². The van der Waals surface area contributed by atoms with Gasteiger partial charge >= 0.3 is 0 Å². The van der Waals surface area contributed by atoms with Gasteiger partial charge in [-0.2, -0.15) is 0 Å². The van der Waals surface area contributed by atoms with Crippen LogP contribution in [0.15, 0.2) is 30.3 Å². The first-order valence-electron chi connectivity index (χ1n) is 7.48. The maximum atomic E-state index is 12.1. The van der Waals surface area contributed by atoms with Crippen molar-refractivity contribution in [3.05, 3.63) is 30.3 Å². The van der Waals surface area contributed by atoms with Crippen molar-refractivity contribution in [1.29, 1.82) is 0 Å². The molecule has 1 fully saturated rings. The van der Waals surface area contributed by atoms with Crippen molar-refractivity contribution in [3.63, 3.8) is 0 Å². The van der Waals surface area contributed by atoms with E-state index in [2.05, 4.69) is 23.9 Å². The lowest BCUT2D eigenvalue weighted by Crippen LogP contribution is -2.51. The number of nitrogens with zero attached hydrogens (tertiary/aromatic N) is 3. The Morgan fingerprint density at radius 1 is 1.14 bits per heavy atom. The zero-order valence-electron chi connectivity index (χ0n) is 13.0. The highest BCUT2D eigenvalue weighted by atomic mass is 16.5. The van der Waals surface area contributed by atoms with E-state index in [1.807, 2.05) is 35.2 Å². The van der Waals surface area contributed by atoms with E-state index >= 15 is 0 Å². The van der Waals surface area contributed by atoms with E-state index in [9.17, 15) is 4.79 Å². The molecule has 1 aromatic rings. The number of para-hydroxylation sites is 1. The fraction of sp³-hybridized carbons (Fsp3) is 0.562. The smallest absolute Gasteiger partial charge is 0.260 e. The molecule has 5 nitrogen and oxygen atoms in total. The van der Waals surface area contributed by atoms with Crippen LogP contribution in [0.5, 0.6) is 5.75 Å². The molecule has 1 amide bonds. The summed E-state index contributed by atoms with van der Waals surface area (Å²) in [6.07, 6.45) is 0. The van der Waals surface area contributed by atoms with E-state index in [4.69, 9.17) is 4.74 Å². The van der Waals surface area contributed by atoms with Crippen LogP contribution in [0.4, 0.5) is 0 Å². The van der Waals surface area contributed by atoms with Gasteiger partial charge in [-0.1, -0.05) is 18.2 Å². The largest absolute Gasteiger partial charge is 0.484 e. The van der Waals surface area contributed by atoms with Gasteiger partial charge in [0.1, 0.15) is 5.75 Å². The Labute approximate surface area is 127 Å². The lowest BCUT2D eigenvalue weighted by atomic mass is 10.3. The quantitative estimate of drug-likeness (QED) is 0.776. The molecular weight excluding hydrogens is 266 g/mol. The van der Waals surface area contributed by atoms with Crippen LogP contribution in [0.25, 0.3) is 0 Å². The summed E-state index contributed by atoms with van der Waals surface area (Å²) in [5.41, 5.74) is 0. The maximum Gasteiger partial charge on any atom is 0.260 e. The van der Waals surface area contributed by atoms with Crippen LogP contribution in [-0.4, -0.2) is 80.6 Å². The average Bonchev–Trinajstić information content (AvgIpc) is 2.52. The highest BCUT2D eigenvalue weighted by Crippen LogP contribution is 2.09. The Hall–Kier alpha value is -1.59. The number of rotatable bonds is 6. The Morgan fingerprint density at radius 2 is 1.81 bits per heavy atom. The number of hydrogen-bond acceptors (Lipinski definition) is 4. The lowest BCUT2D eigenvalue weighted by Gasteiger charge is -2.35. The van der Waals surface area contributed by atoms with E-state index in [1.165, 1.54) is 0 Å². The lowest BCUT2D eigenvalue weighted by molar-refractivity contribution is -0.135. The molecule has 2 rings (SSSR count). The molecule has 1 aliphatic heterocycles. The molecule has 1 heterocycles. The van der Waals surface area contributed by atoms with E-state index in [1.54, 1.807) is 0 Å². The monoisotopic (exact) mass is 291 g/mol. The second kappa shape index (κ2) is 8.00. The van der Waals surface area contributed by atoms with Crippen molar-refractivity contribution in [2.75, 3.05) is 60.0 Å². The summed E-state index contributed by atoms with van der Waals surface area (Å²) in [7, 11) is 4.17. The summed E-state index contributed by atoms with van der Waals surface area (Å²) >= 11 is 0. The number of benzene rings is 1. The van der Waals surface area contributed by atoms with Gasteiger partial charge in [0.25, 0.3) is 5.91 Å². The molecule has 0 unspecified atom stereocenters. The van der Waals surface area contributed by atoms with Gasteiger partial charge in [0.05, 0.1) is 0 Å². The van der Waals surface area contributed by atoms with Crippen LogP contribution in [0.2, 0.25) is 0 Å². The number of amides is 1. The molecule has 1 aliphatic rings. The van der Waals surface area contributed by atoms with Gasteiger partial charge in [0, 0.05) is 39.3 Å². The fourth-order valence-corrected chi connectivity index (χ4v) is 2.32. The molecule has 1 saturated heterocycles. The normalized spacial score (nSPS) is 16.2. The highest BCUT2D eigenvalue weighted by molar-refractivity contribution is 5.77. The third-order valence-corrected chi connectivity index (χ3v) is 3.69.